The minimum Gasteiger partial charge on any atom is -0.417 e. The molecular formula is C38H70O3Si2. The fourth-order valence-electron chi connectivity index (χ4n) is 9.46. The van der Waals surface area contributed by atoms with E-state index >= 15 is 0 Å². The zero-order valence-corrected chi connectivity index (χ0v) is 32.7. The summed E-state index contributed by atoms with van der Waals surface area (Å²) in [4.78, 5) is 0. The lowest BCUT2D eigenvalue weighted by Gasteiger charge is -2.59. The molecule has 0 aliphatic heterocycles. The first-order valence-corrected chi connectivity index (χ1v) is 23.8. The third-order valence-corrected chi connectivity index (χ3v) is 23.3. The summed E-state index contributed by atoms with van der Waals surface area (Å²) in [6.07, 6.45) is 19.4. The Bertz CT molecular complexity index is 1040. The fraction of sp³-hybridized carbons (Fsp3) is 0.895. The van der Waals surface area contributed by atoms with Crippen molar-refractivity contribution in [1.82, 2.24) is 0 Å². The van der Waals surface area contributed by atoms with Crippen LogP contribution in [0.15, 0.2) is 23.8 Å². The van der Waals surface area contributed by atoms with E-state index in [1.54, 1.807) is 5.57 Å². The van der Waals surface area contributed by atoms with Gasteiger partial charge in [-0.1, -0.05) is 79.2 Å². The van der Waals surface area contributed by atoms with E-state index in [4.69, 9.17) is 8.85 Å². The van der Waals surface area contributed by atoms with Crippen molar-refractivity contribution >= 4 is 16.6 Å². The summed E-state index contributed by atoms with van der Waals surface area (Å²) in [6.45, 7) is 31.6. The molecular weight excluding hydrogens is 561 g/mol. The molecule has 0 saturated heterocycles. The van der Waals surface area contributed by atoms with Crippen molar-refractivity contribution in [3.05, 3.63) is 23.8 Å². The van der Waals surface area contributed by atoms with Gasteiger partial charge < -0.3 is 14.0 Å². The molecule has 4 aliphatic carbocycles. The van der Waals surface area contributed by atoms with Crippen molar-refractivity contribution in [2.45, 2.75) is 174 Å². The maximum Gasteiger partial charge on any atom is 0.192 e. The lowest BCUT2D eigenvalue weighted by molar-refractivity contribution is -0.0850. The lowest BCUT2D eigenvalue weighted by Crippen LogP contribution is -2.53. The Morgan fingerprint density at radius 2 is 1.53 bits per heavy atom. The fourth-order valence-corrected chi connectivity index (χ4v) is 11.9. The maximum atomic E-state index is 11.9. The number of fused-ring (bicyclic) bond motifs is 5. The first kappa shape index (κ1) is 35.6. The van der Waals surface area contributed by atoms with E-state index < -0.39 is 22.2 Å². The van der Waals surface area contributed by atoms with E-state index in [9.17, 15) is 5.11 Å². The largest absolute Gasteiger partial charge is 0.417 e. The molecule has 4 rings (SSSR count). The van der Waals surface area contributed by atoms with E-state index in [0.717, 1.165) is 50.0 Å². The second-order valence-electron chi connectivity index (χ2n) is 19.1. The molecule has 43 heavy (non-hydrogen) atoms. The van der Waals surface area contributed by atoms with Gasteiger partial charge in [0.1, 0.15) is 0 Å². The van der Waals surface area contributed by atoms with Gasteiger partial charge in [-0.05, 0) is 142 Å². The van der Waals surface area contributed by atoms with Gasteiger partial charge >= 0.3 is 0 Å². The number of rotatable bonds is 9. The van der Waals surface area contributed by atoms with E-state index in [2.05, 4.69) is 107 Å². The summed E-state index contributed by atoms with van der Waals surface area (Å²) in [5.74, 6) is 2.63. The van der Waals surface area contributed by atoms with Gasteiger partial charge in [0, 0.05) is 12.7 Å². The van der Waals surface area contributed by atoms with Gasteiger partial charge in [-0.15, -0.1) is 0 Å². The van der Waals surface area contributed by atoms with Crippen molar-refractivity contribution in [3.63, 3.8) is 0 Å². The average Bonchev–Trinajstić information content (AvgIpc) is 3.23. The van der Waals surface area contributed by atoms with Crippen molar-refractivity contribution < 1.29 is 14.0 Å². The van der Waals surface area contributed by atoms with Crippen LogP contribution in [0.5, 0.6) is 0 Å². The summed E-state index contributed by atoms with van der Waals surface area (Å²) >= 11 is 0. The smallest absolute Gasteiger partial charge is 0.192 e. The molecule has 0 bridgehead atoms. The predicted octanol–water partition coefficient (Wildman–Crippen LogP) is 11.1. The molecule has 8 atom stereocenters. The number of aliphatic hydroxyl groups is 1. The molecule has 0 spiro atoms. The highest BCUT2D eigenvalue weighted by atomic mass is 28.4. The number of allylic oxidation sites excluding steroid dienone is 2. The SMILES string of the molecule is CC(C)(C)[Si](C)(C)OCCCC=C[C@](C)(O)[C@H]1CC[C@H]2[C@@H]3CC=C4CC(O[Si](C)(C)C(C)(C)C)CC[C@]4(C)[C@H]3CC[C@@]21C. The van der Waals surface area contributed by atoms with Crippen molar-refractivity contribution in [2.24, 2.45) is 34.5 Å². The summed E-state index contributed by atoms with van der Waals surface area (Å²) in [6, 6.07) is 0. The molecule has 5 heteroatoms. The van der Waals surface area contributed by atoms with E-state index in [1.165, 1.54) is 38.5 Å². The Labute approximate surface area is 269 Å². The molecule has 1 N–H and O–H groups in total. The molecule has 3 saturated carbocycles. The van der Waals surface area contributed by atoms with Crippen LogP contribution in [-0.2, 0) is 8.85 Å². The van der Waals surface area contributed by atoms with Crippen molar-refractivity contribution in [1.29, 1.82) is 0 Å². The zero-order chi connectivity index (χ0) is 32.3. The third-order valence-electron chi connectivity index (χ3n) is 14.3. The highest BCUT2D eigenvalue weighted by Crippen LogP contribution is 2.67. The van der Waals surface area contributed by atoms with E-state index in [1.807, 2.05) is 0 Å². The molecule has 3 fully saturated rings. The predicted molar refractivity (Wildman–Crippen MR) is 189 cm³/mol. The van der Waals surface area contributed by atoms with Gasteiger partial charge in [0.05, 0.1) is 5.60 Å². The second-order valence-corrected chi connectivity index (χ2v) is 28.6. The normalized spacial score (nSPS) is 37.0. The van der Waals surface area contributed by atoms with Crippen LogP contribution in [0.3, 0.4) is 0 Å². The van der Waals surface area contributed by atoms with Gasteiger partial charge in [-0.3, -0.25) is 0 Å². The third kappa shape index (κ3) is 6.92. The van der Waals surface area contributed by atoms with Crippen LogP contribution in [0.2, 0.25) is 36.3 Å². The van der Waals surface area contributed by atoms with Crippen LogP contribution in [-0.4, -0.2) is 40.1 Å². The highest BCUT2D eigenvalue weighted by molar-refractivity contribution is 6.74. The molecule has 0 radical (unpaired) electrons. The summed E-state index contributed by atoms with van der Waals surface area (Å²) in [5.41, 5.74) is 1.54. The summed E-state index contributed by atoms with van der Waals surface area (Å²) < 4.78 is 13.3. The summed E-state index contributed by atoms with van der Waals surface area (Å²) in [5, 5.41) is 12.4. The minimum absolute atomic E-state index is 0.227. The van der Waals surface area contributed by atoms with Crippen LogP contribution in [0.25, 0.3) is 0 Å². The second kappa shape index (κ2) is 12.1. The standard InChI is InChI=1S/C38H70O3Si2/c1-34(2,3)42(10,11)40-26-16-14-15-23-38(9,39)33-20-19-31-30-18-17-28-27-29(41-43(12,13)35(4,5)6)21-24-36(28,7)32(30)22-25-37(31,33)8/h15,17,23,29-33,39H,14,16,18-22,24-27H2,1-13H3/t29?,30-,31-,32-,33-,36-,37-,38-/m0/s1. The Balaban J connectivity index is 1.38. The number of unbranched alkanes of at least 4 members (excludes halogenated alkanes) is 1. The van der Waals surface area contributed by atoms with Gasteiger partial charge in [0.2, 0.25) is 0 Å². The van der Waals surface area contributed by atoms with Crippen molar-refractivity contribution in [3.8, 4) is 0 Å². The van der Waals surface area contributed by atoms with Crippen LogP contribution in [0.1, 0.15) is 127 Å². The Morgan fingerprint density at radius 3 is 2.16 bits per heavy atom. The molecule has 3 nitrogen and oxygen atoms in total. The van der Waals surface area contributed by atoms with Crippen LogP contribution in [0.4, 0.5) is 0 Å². The average molecular weight is 631 g/mol. The minimum atomic E-state index is -1.75. The molecule has 0 amide bonds. The highest BCUT2D eigenvalue weighted by Gasteiger charge is 2.61. The number of hydrogen-bond donors (Lipinski definition) is 1. The van der Waals surface area contributed by atoms with Gasteiger partial charge in [0.15, 0.2) is 16.6 Å². The molecule has 0 aromatic carbocycles. The Hall–Kier alpha value is -0.206. The molecule has 0 aromatic rings. The molecule has 4 aliphatic rings. The van der Waals surface area contributed by atoms with Gasteiger partial charge in [-0.2, -0.15) is 0 Å². The van der Waals surface area contributed by atoms with Crippen LogP contribution in [0, 0.1) is 34.5 Å². The van der Waals surface area contributed by atoms with E-state index in [0.29, 0.717) is 17.4 Å². The Morgan fingerprint density at radius 1 is 0.884 bits per heavy atom. The Kier molecular flexibility index (Phi) is 10.0. The lowest BCUT2D eigenvalue weighted by atomic mass is 9.47. The molecule has 1 unspecified atom stereocenters. The topological polar surface area (TPSA) is 38.7 Å². The molecule has 0 aromatic heterocycles. The molecule has 0 heterocycles. The quantitative estimate of drug-likeness (QED) is 0.156. The van der Waals surface area contributed by atoms with Gasteiger partial charge in [0.25, 0.3) is 0 Å². The first-order chi connectivity index (χ1) is 19.6. The summed E-state index contributed by atoms with van der Waals surface area (Å²) in [7, 11) is -3.44. The van der Waals surface area contributed by atoms with Crippen LogP contribution >= 0.6 is 0 Å². The maximum absolute atomic E-state index is 11.9. The van der Waals surface area contributed by atoms with E-state index in [-0.39, 0.29) is 15.5 Å². The van der Waals surface area contributed by atoms with Crippen molar-refractivity contribution in [2.75, 3.05) is 6.61 Å². The molecule has 248 valence electrons. The monoisotopic (exact) mass is 630 g/mol. The van der Waals surface area contributed by atoms with Gasteiger partial charge in [-0.25, -0.2) is 0 Å². The zero-order valence-electron chi connectivity index (χ0n) is 30.7. The first-order valence-electron chi connectivity index (χ1n) is 18.0. The number of hydrogen-bond acceptors (Lipinski definition) is 3. The van der Waals surface area contributed by atoms with Crippen LogP contribution < -0.4 is 0 Å².